The van der Waals surface area contributed by atoms with Crippen LogP contribution in [0.2, 0.25) is 0 Å². The van der Waals surface area contributed by atoms with E-state index in [1.54, 1.807) is 6.20 Å². The largest absolute Gasteiger partial charge is 0.254 e. The summed E-state index contributed by atoms with van der Waals surface area (Å²) in [6, 6.07) is 10.1. The van der Waals surface area contributed by atoms with E-state index in [1.807, 2.05) is 30.3 Å². The first-order chi connectivity index (χ1) is 8.83. The number of benzene rings is 1. The number of alkyl halides is 2. The average Bonchev–Trinajstić information content (AvgIpc) is 2.45. The van der Waals surface area contributed by atoms with Gasteiger partial charge in [0, 0.05) is 22.8 Å². The Bertz CT molecular complexity index is 725. The second-order valence-corrected chi connectivity index (χ2v) is 4.61. The fourth-order valence-electron chi connectivity index (χ4n) is 2.09. The van der Waals surface area contributed by atoms with Crippen LogP contribution in [0.1, 0.15) is 11.3 Å². The highest BCUT2D eigenvalue weighted by Gasteiger charge is 2.08. The lowest BCUT2D eigenvalue weighted by molar-refractivity contribution is 1.15. The first kappa shape index (κ1) is 11.7. The van der Waals surface area contributed by atoms with Gasteiger partial charge in [0.2, 0.25) is 0 Å². The summed E-state index contributed by atoms with van der Waals surface area (Å²) in [5.41, 5.74) is 3.60. The minimum absolute atomic E-state index is 0.362. The fraction of sp³-hybridized carbons (Fsp3) is 0.143. The highest BCUT2D eigenvalue weighted by atomic mass is 35.5. The van der Waals surface area contributed by atoms with Gasteiger partial charge in [0.25, 0.3) is 0 Å². The first-order valence-electron chi connectivity index (χ1n) is 5.61. The standard InChI is InChI=1S/C14H10Cl2N2/c15-7-11-6-10-4-3-9-2-1-5-17-13(9)14(10)18-12(11)8-16/h1-6H,7-8H2. The van der Waals surface area contributed by atoms with Crippen LogP contribution in [0.4, 0.5) is 0 Å². The van der Waals surface area contributed by atoms with Gasteiger partial charge in [0.05, 0.1) is 22.6 Å². The van der Waals surface area contributed by atoms with Crippen molar-refractivity contribution >= 4 is 45.0 Å². The van der Waals surface area contributed by atoms with Crippen LogP contribution in [0, 0.1) is 0 Å². The molecule has 0 fully saturated rings. The van der Waals surface area contributed by atoms with Gasteiger partial charge >= 0.3 is 0 Å². The van der Waals surface area contributed by atoms with Crippen molar-refractivity contribution in [3.8, 4) is 0 Å². The molecule has 0 spiro atoms. The van der Waals surface area contributed by atoms with Crippen LogP contribution in [0.5, 0.6) is 0 Å². The summed E-state index contributed by atoms with van der Waals surface area (Å²) in [5, 5.41) is 2.13. The van der Waals surface area contributed by atoms with Crippen LogP contribution in [-0.2, 0) is 11.8 Å². The van der Waals surface area contributed by atoms with Crippen molar-refractivity contribution in [2.75, 3.05) is 0 Å². The number of nitrogens with zero attached hydrogens (tertiary/aromatic N) is 2. The van der Waals surface area contributed by atoms with Gasteiger partial charge in [-0.1, -0.05) is 18.2 Å². The van der Waals surface area contributed by atoms with E-state index < -0.39 is 0 Å². The Morgan fingerprint density at radius 3 is 2.56 bits per heavy atom. The maximum Gasteiger partial charge on any atom is 0.0968 e. The molecule has 2 aromatic heterocycles. The molecule has 0 aliphatic carbocycles. The van der Waals surface area contributed by atoms with Crippen molar-refractivity contribution in [2.45, 2.75) is 11.8 Å². The van der Waals surface area contributed by atoms with Gasteiger partial charge in [0.15, 0.2) is 0 Å². The number of rotatable bonds is 2. The smallest absolute Gasteiger partial charge is 0.0968 e. The monoisotopic (exact) mass is 276 g/mol. The maximum atomic E-state index is 5.92. The predicted molar refractivity (Wildman–Crippen MR) is 76.2 cm³/mol. The molecular formula is C14H10Cl2N2. The number of hydrogen-bond acceptors (Lipinski definition) is 2. The number of hydrogen-bond donors (Lipinski definition) is 0. The number of fused-ring (bicyclic) bond motifs is 3. The Morgan fingerprint density at radius 2 is 1.78 bits per heavy atom. The lowest BCUT2D eigenvalue weighted by atomic mass is 10.1. The summed E-state index contributed by atoms with van der Waals surface area (Å²) in [5.74, 6) is 0.784. The molecule has 0 amide bonds. The van der Waals surface area contributed by atoms with E-state index in [0.717, 1.165) is 33.1 Å². The zero-order valence-electron chi connectivity index (χ0n) is 9.53. The molecule has 90 valence electrons. The fourth-order valence-corrected chi connectivity index (χ4v) is 2.55. The summed E-state index contributed by atoms with van der Waals surface area (Å²) in [7, 11) is 0. The van der Waals surface area contributed by atoms with Gasteiger partial charge in [-0.25, -0.2) is 4.98 Å². The number of halogens is 2. The Labute approximate surface area is 115 Å². The molecule has 0 N–H and O–H groups in total. The molecule has 2 heterocycles. The normalized spacial score (nSPS) is 11.2. The highest BCUT2D eigenvalue weighted by molar-refractivity contribution is 6.19. The second kappa shape index (κ2) is 4.71. The molecule has 0 bridgehead atoms. The summed E-state index contributed by atoms with van der Waals surface area (Å²) >= 11 is 11.8. The van der Waals surface area contributed by atoms with Gasteiger partial charge in [-0.15, -0.1) is 23.2 Å². The van der Waals surface area contributed by atoms with Crippen LogP contribution in [0.25, 0.3) is 21.8 Å². The van der Waals surface area contributed by atoms with Crippen LogP contribution >= 0.6 is 23.2 Å². The summed E-state index contributed by atoms with van der Waals surface area (Å²) in [4.78, 5) is 9.02. The van der Waals surface area contributed by atoms with E-state index in [4.69, 9.17) is 23.2 Å². The highest BCUT2D eigenvalue weighted by Crippen LogP contribution is 2.25. The molecular weight excluding hydrogens is 267 g/mol. The topological polar surface area (TPSA) is 25.8 Å². The van der Waals surface area contributed by atoms with Crippen molar-refractivity contribution in [2.24, 2.45) is 0 Å². The van der Waals surface area contributed by atoms with E-state index >= 15 is 0 Å². The molecule has 2 nitrogen and oxygen atoms in total. The molecule has 4 heteroatoms. The summed E-state index contributed by atoms with van der Waals surface area (Å²) < 4.78 is 0. The molecule has 0 radical (unpaired) electrons. The Kier molecular flexibility index (Phi) is 3.06. The van der Waals surface area contributed by atoms with E-state index in [0.29, 0.717) is 11.8 Å². The molecule has 0 aliphatic rings. The van der Waals surface area contributed by atoms with E-state index in [9.17, 15) is 0 Å². The molecule has 0 atom stereocenters. The van der Waals surface area contributed by atoms with Gasteiger partial charge in [-0.05, 0) is 17.7 Å². The van der Waals surface area contributed by atoms with Crippen LogP contribution < -0.4 is 0 Å². The number of pyridine rings is 2. The minimum atomic E-state index is 0.362. The molecule has 1 aromatic carbocycles. The molecule has 0 unspecified atom stereocenters. The third-order valence-corrected chi connectivity index (χ3v) is 3.54. The second-order valence-electron chi connectivity index (χ2n) is 4.07. The quantitative estimate of drug-likeness (QED) is 0.516. The third kappa shape index (κ3) is 1.82. The zero-order chi connectivity index (χ0) is 12.5. The minimum Gasteiger partial charge on any atom is -0.254 e. The zero-order valence-corrected chi connectivity index (χ0v) is 11.0. The SMILES string of the molecule is ClCc1cc2ccc3cccnc3c2nc1CCl. The van der Waals surface area contributed by atoms with Crippen molar-refractivity contribution in [1.29, 1.82) is 0 Å². The molecule has 18 heavy (non-hydrogen) atoms. The lowest BCUT2D eigenvalue weighted by Gasteiger charge is -2.07. The number of aromatic nitrogens is 2. The molecule has 3 rings (SSSR count). The molecule has 0 saturated heterocycles. The summed E-state index contributed by atoms with van der Waals surface area (Å²) in [6.07, 6.45) is 1.78. The van der Waals surface area contributed by atoms with E-state index in [-0.39, 0.29) is 0 Å². The van der Waals surface area contributed by atoms with Gasteiger partial charge < -0.3 is 0 Å². The Balaban J connectivity index is 2.43. The first-order valence-corrected chi connectivity index (χ1v) is 6.68. The van der Waals surface area contributed by atoms with E-state index in [2.05, 4.69) is 9.97 Å². The van der Waals surface area contributed by atoms with Crippen molar-refractivity contribution in [3.63, 3.8) is 0 Å². The van der Waals surface area contributed by atoms with Crippen LogP contribution in [-0.4, -0.2) is 9.97 Å². The van der Waals surface area contributed by atoms with Gasteiger partial charge in [-0.3, -0.25) is 4.98 Å². The lowest BCUT2D eigenvalue weighted by Crippen LogP contribution is -1.95. The van der Waals surface area contributed by atoms with Gasteiger partial charge in [0.1, 0.15) is 0 Å². The third-order valence-electron chi connectivity index (χ3n) is 3.00. The Hall–Kier alpha value is -1.38. The summed E-state index contributed by atoms with van der Waals surface area (Å²) in [6.45, 7) is 0. The van der Waals surface area contributed by atoms with E-state index in [1.165, 1.54) is 0 Å². The van der Waals surface area contributed by atoms with Crippen molar-refractivity contribution in [3.05, 3.63) is 47.8 Å². The van der Waals surface area contributed by atoms with Gasteiger partial charge in [-0.2, -0.15) is 0 Å². The Morgan fingerprint density at radius 1 is 0.944 bits per heavy atom. The average molecular weight is 277 g/mol. The molecule has 0 saturated carbocycles. The maximum absolute atomic E-state index is 5.92. The van der Waals surface area contributed by atoms with Crippen LogP contribution in [0.3, 0.4) is 0 Å². The predicted octanol–water partition coefficient (Wildman–Crippen LogP) is 4.26. The van der Waals surface area contributed by atoms with Crippen molar-refractivity contribution in [1.82, 2.24) is 9.97 Å². The van der Waals surface area contributed by atoms with Crippen molar-refractivity contribution < 1.29 is 0 Å². The molecule has 0 aliphatic heterocycles. The van der Waals surface area contributed by atoms with Crippen LogP contribution in [0.15, 0.2) is 36.5 Å². The molecule has 3 aromatic rings.